The van der Waals surface area contributed by atoms with E-state index in [-0.39, 0.29) is 42.7 Å². The number of ether oxygens (including phenoxy) is 1. The van der Waals surface area contributed by atoms with Gasteiger partial charge in [-0.2, -0.15) is 0 Å². The van der Waals surface area contributed by atoms with Crippen molar-refractivity contribution in [2.24, 2.45) is 17.0 Å². The largest absolute Gasteiger partial charge is 0.466 e. The predicted octanol–water partition coefficient (Wildman–Crippen LogP) is 6.17. The van der Waals surface area contributed by atoms with Crippen molar-refractivity contribution < 1.29 is 14.4 Å². The Balaban J connectivity index is 1.33. The maximum atomic E-state index is 14.4. The van der Waals surface area contributed by atoms with E-state index in [1.54, 1.807) is 13.0 Å². The molecule has 0 radical (unpaired) electrons. The fourth-order valence-corrected chi connectivity index (χ4v) is 8.67. The van der Waals surface area contributed by atoms with Crippen molar-refractivity contribution in [1.29, 1.82) is 0 Å². The third-order valence-corrected chi connectivity index (χ3v) is 10.2. The Morgan fingerprint density at radius 3 is 2.40 bits per heavy atom. The van der Waals surface area contributed by atoms with Crippen LogP contribution in [0, 0.1) is 11.8 Å². The van der Waals surface area contributed by atoms with Crippen molar-refractivity contribution in [3.8, 4) is 0 Å². The number of rotatable bonds is 10. The number of fused-ring (bicyclic) bond motifs is 5. The SMILES string of the molecule is C=CCON=C(CCC(=O)OCC)c1nc2ccccc2n(C2CC3CCC[C@H](C2)N3C2CC3CCCC(C3)C2)c1=O. The number of hydrogen-bond acceptors (Lipinski definition) is 7. The minimum Gasteiger partial charge on any atom is -0.466 e. The van der Waals surface area contributed by atoms with Gasteiger partial charge in [0.2, 0.25) is 0 Å². The Morgan fingerprint density at radius 1 is 0.976 bits per heavy atom. The summed E-state index contributed by atoms with van der Waals surface area (Å²) < 4.78 is 7.14. The molecule has 2 aromatic rings. The summed E-state index contributed by atoms with van der Waals surface area (Å²) in [5, 5.41) is 4.28. The lowest BCUT2D eigenvalue weighted by Gasteiger charge is -2.55. The van der Waals surface area contributed by atoms with E-state index in [4.69, 9.17) is 14.6 Å². The number of carbonyl (C=O) groups is 1. The lowest BCUT2D eigenvalue weighted by molar-refractivity contribution is -0.142. The smallest absolute Gasteiger partial charge is 0.306 e. The molecule has 2 aliphatic heterocycles. The third kappa shape index (κ3) is 6.05. The second kappa shape index (κ2) is 13.1. The highest BCUT2D eigenvalue weighted by Crippen LogP contribution is 2.47. The van der Waals surface area contributed by atoms with Crippen LogP contribution >= 0.6 is 0 Å². The molecule has 0 N–H and O–H groups in total. The number of piperidine rings is 2. The molecule has 6 rings (SSSR count). The summed E-state index contributed by atoms with van der Waals surface area (Å²) in [7, 11) is 0. The van der Waals surface area contributed by atoms with Gasteiger partial charge in [0.1, 0.15) is 12.3 Å². The van der Waals surface area contributed by atoms with Crippen LogP contribution in [0.5, 0.6) is 0 Å². The molecule has 8 nitrogen and oxygen atoms in total. The summed E-state index contributed by atoms with van der Waals surface area (Å²) in [6, 6.07) is 9.74. The van der Waals surface area contributed by atoms with E-state index < -0.39 is 0 Å². The molecule has 4 bridgehead atoms. The molecule has 0 spiro atoms. The second-order valence-corrected chi connectivity index (χ2v) is 12.9. The summed E-state index contributed by atoms with van der Waals surface area (Å²) in [6.45, 7) is 5.99. The number of benzene rings is 1. The minimum atomic E-state index is -0.331. The van der Waals surface area contributed by atoms with E-state index in [9.17, 15) is 9.59 Å². The molecular weight excluding hydrogens is 528 g/mol. The topological polar surface area (TPSA) is 86.0 Å². The van der Waals surface area contributed by atoms with Gasteiger partial charge in [0.05, 0.1) is 24.1 Å². The molecule has 8 heteroatoms. The standard InChI is InChI=1S/C34H46N4O4/c1-3-17-42-36-30(15-16-32(39)41-4-2)33-34(40)38(31-14-6-5-13-29(31)35-33)28-21-25-11-8-12-26(22-28)37(25)27-19-23-9-7-10-24(18-23)20-27/h3,5-6,13-14,23-28H,1,4,7-12,15-22H2,2H3/t23?,24?,25-,26?,27?,28?/m1/s1. The number of nitrogens with zero attached hydrogens (tertiary/aromatic N) is 4. The second-order valence-electron chi connectivity index (χ2n) is 12.9. The number of aromatic nitrogens is 2. The average molecular weight is 575 g/mol. The molecule has 4 fully saturated rings. The van der Waals surface area contributed by atoms with E-state index in [0.717, 1.165) is 35.7 Å². The fourth-order valence-electron chi connectivity index (χ4n) is 8.67. The first-order valence-corrected chi connectivity index (χ1v) is 16.3. The number of oxime groups is 1. The van der Waals surface area contributed by atoms with Crippen molar-refractivity contribution in [2.45, 2.75) is 115 Å². The van der Waals surface area contributed by atoms with Gasteiger partial charge in [0.15, 0.2) is 5.69 Å². The maximum absolute atomic E-state index is 14.4. The number of para-hydroxylation sites is 2. The first-order valence-electron chi connectivity index (χ1n) is 16.3. The molecule has 2 saturated carbocycles. The van der Waals surface area contributed by atoms with Crippen LogP contribution in [-0.2, 0) is 14.4 Å². The van der Waals surface area contributed by atoms with E-state index >= 15 is 0 Å². The monoisotopic (exact) mass is 574 g/mol. The van der Waals surface area contributed by atoms with Gasteiger partial charge in [-0.05, 0) is 75.8 Å². The van der Waals surface area contributed by atoms with E-state index in [2.05, 4.69) is 16.6 Å². The Labute approximate surface area is 249 Å². The zero-order valence-corrected chi connectivity index (χ0v) is 25.1. The highest BCUT2D eigenvalue weighted by molar-refractivity contribution is 6.00. The van der Waals surface area contributed by atoms with Crippen molar-refractivity contribution in [3.05, 3.63) is 53.0 Å². The van der Waals surface area contributed by atoms with E-state index in [1.165, 1.54) is 57.8 Å². The van der Waals surface area contributed by atoms with Crippen LogP contribution in [0.15, 0.2) is 46.9 Å². The van der Waals surface area contributed by atoms with Crippen LogP contribution in [0.4, 0.5) is 0 Å². The van der Waals surface area contributed by atoms with Crippen molar-refractivity contribution in [2.75, 3.05) is 13.2 Å². The van der Waals surface area contributed by atoms with Crippen molar-refractivity contribution in [1.82, 2.24) is 14.5 Å². The van der Waals surface area contributed by atoms with Crippen molar-refractivity contribution >= 4 is 22.7 Å². The Bertz CT molecular complexity index is 1340. The molecule has 2 aliphatic carbocycles. The molecule has 42 heavy (non-hydrogen) atoms. The van der Waals surface area contributed by atoms with Gasteiger partial charge >= 0.3 is 5.97 Å². The third-order valence-electron chi connectivity index (χ3n) is 10.2. The zero-order chi connectivity index (χ0) is 29.1. The molecule has 4 unspecified atom stereocenters. The first-order chi connectivity index (χ1) is 20.6. The van der Waals surface area contributed by atoms with Crippen LogP contribution in [-0.4, -0.2) is 57.5 Å². The summed E-state index contributed by atoms with van der Waals surface area (Å²) in [4.78, 5) is 39.8. The van der Waals surface area contributed by atoms with Gasteiger partial charge in [-0.3, -0.25) is 14.5 Å². The molecule has 4 aliphatic rings. The molecule has 1 aromatic heterocycles. The Morgan fingerprint density at radius 2 is 1.69 bits per heavy atom. The molecule has 0 amide bonds. The molecule has 5 atom stereocenters. The zero-order valence-electron chi connectivity index (χ0n) is 25.1. The van der Waals surface area contributed by atoms with Crippen LogP contribution < -0.4 is 5.56 Å². The maximum Gasteiger partial charge on any atom is 0.306 e. The quantitative estimate of drug-likeness (QED) is 0.111. The first kappa shape index (κ1) is 29.1. The summed E-state index contributed by atoms with van der Waals surface area (Å²) in [5.74, 6) is 1.49. The van der Waals surface area contributed by atoms with E-state index in [1.807, 2.05) is 28.8 Å². The van der Waals surface area contributed by atoms with E-state index in [0.29, 0.717) is 30.4 Å². The van der Waals surface area contributed by atoms with Crippen LogP contribution in [0.2, 0.25) is 0 Å². The van der Waals surface area contributed by atoms with Gasteiger partial charge in [0, 0.05) is 30.6 Å². The lowest BCUT2D eigenvalue weighted by Crippen LogP contribution is -2.58. The minimum absolute atomic E-state index is 0.0965. The summed E-state index contributed by atoms with van der Waals surface area (Å²) in [5.41, 5.74) is 2.11. The number of carbonyl (C=O) groups excluding carboxylic acids is 1. The number of esters is 1. The van der Waals surface area contributed by atoms with Crippen LogP contribution in [0.25, 0.3) is 11.0 Å². The fraction of sp³-hybridized carbons (Fsp3) is 0.647. The number of hydrogen-bond donors (Lipinski definition) is 0. The molecule has 2 saturated heterocycles. The van der Waals surface area contributed by atoms with Crippen LogP contribution in [0.3, 0.4) is 0 Å². The predicted molar refractivity (Wildman–Crippen MR) is 165 cm³/mol. The molecule has 1 aromatic carbocycles. The normalized spacial score (nSPS) is 29.7. The van der Waals surface area contributed by atoms with Gasteiger partial charge in [-0.1, -0.05) is 55.6 Å². The van der Waals surface area contributed by atoms with Crippen molar-refractivity contribution in [3.63, 3.8) is 0 Å². The van der Waals surface area contributed by atoms with Gasteiger partial charge in [0.25, 0.3) is 5.56 Å². The van der Waals surface area contributed by atoms with Gasteiger partial charge < -0.3 is 14.1 Å². The summed E-state index contributed by atoms with van der Waals surface area (Å²) >= 11 is 0. The lowest BCUT2D eigenvalue weighted by atomic mass is 9.68. The van der Waals surface area contributed by atoms with Gasteiger partial charge in [-0.25, -0.2) is 4.98 Å². The molecule has 226 valence electrons. The summed E-state index contributed by atoms with van der Waals surface area (Å²) in [6.07, 6.45) is 16.0. The Kier molecular flexibility index (Phi) is 9.08. The Hall–Kier alpha value is -3.00. The molecule has 3 heterocycles. The van der Waals surface area contributed by atoms with Gasteiger partial charge in [-0.15, -0.1) is 0 Å². The molecular formula is C34H46N4O4. The highest BCUT2D eigenvalue weighted by atomic mass is 16.6. The highest BCUT2D eigenvalue weighted by Gasteiger charge is 2.45. The average Bonchev–Trinajstić information content (AvgIpc) is 2.98. The van der Waals surface area contributed by atoms with Crippen LogP contribution in [0.1, 0.15) is 102 Å².